The van der Waals surface area contributed by atoms with Crippen molar-refractivity contribution in [3.63, 3.8) is 0 Å². The molecule has 0 bridgehead atoms. The Hall–Kier alpha value is -2.40. The number of rotatable bonds is 4. The third kappa shape index (κ3) is 3.12. The summed E-state index contributed by atoms with van der Waals surface area (Å²) in [4.78, 5) is 16.7. The fourth-order valence-corrected chi connectivity index (χ4v) is 2.68. The maximum Gasteiger partial charge on any atom is 0.344 e. The van der Waals surface area contributed by atoms with Crippen LogP contribution >= 0.6 is 11.6 Å². The number of halogens is 1. The van der Waals surface area contributed by atoms with Crippen LogP contribution < -0.4 is 0 Å². The molecule has 0 spiro atoms. The zero-order valence-corrected chi connectivity index (χ0v) is 14.4. The molecule has 0 aliphatic rings. The van der Waals surface area contributed by atoms with Crippen LogP contribution in [0.4, 0.5) is 0 Å². The lowest BCUT2D eigenvalue weighted by Gasteiger charge is -2.09. The second kappa shape index (κ2) is 6.61. The molecule has 2 aromatic heterocycles. The van der Waals surface area contributed by atoms with Crippen molar-refractivity contribution in [3.05, 3.63) is 58.1 Å². The van der Waals surface area contributed by atoms with Crippen molar-refractivity contribution in [2.75, 3.05) is 0 Å². The lowest BCUT2D eigenvalue weighted by atomic mass is 10.1. The topological polar surface area (TPSA) is 65.2 Å². The number of carbonyl (C=O) groups excluding carboxylic acids is 1. The van der Waals surface area contributed by atoms with E-state index in [9.17, 15) is 4.79 Å². The maximum absolute atomic E-state index is 12.4. The molecule has 1 aromatic carbocycles. The highest BCUT2D eigenvalue weighted by Gasteiger charge is 2.24. The first-order valence-corrected chi connectivity index (χ1v) is 8.02. The first kappa shape index (κ1) is 16.5. The minimum Gasteiger partial charge on any atom is -0.457 e. The minimum atomic E-state index is -0.471. The van der Waals surface area contributed by atoms with Crippen molar-refractivity contribution in [1.29, 1.82) is 0 Å². The molecular formula is C18H17ClN2O3. The van der Waals surface area contributed by atoms with Gasteiger partial charge in [0.05, 0.1) is 11.2 Å². The molecule has 24 heavy (non-hydrogen) atoms. The Labute approximate surface area is 144 Å². The van der Waals surface area contributed by atoms with Crippen LogP contribution in [-0.4, -0.2) is 16.1 Å². The summed E-state index contributed by atoms with van der Waals surface area (Å²) < 4.78 is 10.6. The van der Waals surface area contributed by atoms with E-state index in [1.54, 1.807) is 6.92 Å². The highest BCUT2D eigenvalue weighted by Crippen LogP contribution is 2.25. The fraction of sp³-hybridized carbons (Fsp3) is 0.278. The zero-order chi connectivity index (χ0) is 17.3. The summed E-state index contributed by atoms with van der Waals surface area (Å²) in [6.45, 7) is 5.62. The van der Waals surface area contributed by atoms with Gasteiger partial charge in [-0.2, -0.15) is 0 Å². The molecule has 0 aliphatic heterocycles. The number of para-hydroxylation sites is 1. The van der Waals surface area contributed by atoms with E-state index in [0.717, 1.165) is 10.9 Å². The van der Waals surface area contributed by atoms with Crippen LogP contribution in [0.5, 0.6) is 0 Å². The quantitative estimate of drug-likeness (QED) is 0.508. The molecule has 3 aromatic rings. The number of hydrogen-bond acceptors (Lipinski definition) is 5. The highest BCUT2D eigenvalue weighted by molar-refractivity contribution is 6.30. The monoisotopic (exact) mass is 344 g/mol. The van der Waals surface area contributed by atoms with Crippen LogP contribution in [0.3, 0.4) is 0 Å². The number of esters is 1. The third-order valence-electron chi connectivity index (χ3n) is 3.73. The molecular weight excluding hydrogens is 328 g/mol. The Balaban J connectivity index is 1.82. The number of nitrogens with zero attached hydrogens (tertiary/aromatic N) is 2. The van der Waals surface area contributed by atoms with E-state index in [-0.39, 0.29) is 12.5 Å². The van der Waals surface area contributed by atoms with Crippen molar-refractivity contribution in [2.24, 2.45) is 0 Å². The second-order valence-corrected chi connectivity index (χ2v) is 6.23. The molecule has 6 heteroatoms. The Morgan fingerprint density at radius 1 is 1.33 bits per heavy atom. The summed E-state index contributed by atoms with van der Waals surface area (Å²) in [5, 5.41) is 5.13. The van der Waals surface area contributed by atoms with Crippen molar-refractivity contribution in [3.8, 4) is 0 Å². The Morgan fingerprint density at radius 2 is 2.08 bits per heavy atom. The van der Waals surface area contributed by atoms with Crippen molar-refractivity contribution < 1.29 is 14.1 Å². The van der Waals surface area contributed by atoms with E-state index >= 15 is 0 Å². The molecule has 2 heterocycles. The number of pyridine rings is 1. The first-order valence-electron chi connectivity index (χ1n) is 7.65. The van der Waals surface area contributed by atoms with Crippen LogP contribution in [0.25, 0.3) is 10.9 Å². The predicted octanol–water partition coefficient (Wildman–Crippen LogP) is 4.67. The van der Waals surface area contributed by atoms with Gasteiger partial charge in [-0.3, -0.25) is 0 Å². The lowest BCUT2D eigenvalue weighted by molar-refractivity contribution is 0.0468. The van der Waals surface area contributed by atoms with E-state index in [1.807, 2.05) is 44.2 Å². The molecule has 5 nitrogen and oxygen atoms in total. The Kier molecular flexibility index (Phi) is 4.53. The van der Waals surface area contributed by atoms with Gasteiger partial charge in [-0.1, -0.05) is 48.8 Å². The Bertz CT molecular complexity index is 902. The maximum atomic E-state index is 12.4. The van der Waals surface area contributed by atoms with Crippen molar-refractivity contribution in [1.82, 2.24) is 10.1 Å². The van der Waals surface area contributed by atoms with E-state index in [1.165, 1.54) is 0 Å². The fourth-order valence-electron chi connectivity index (χ4n) is 2.48. The zero-order valence-electron chi connectivity index (χ0n) is 13.7. The van der Waals surface area contributed by atoms with Gasteiger partial charge in [0.1, 0.15) is 17.3 Å². The molecule has 124 valence electrons. The molecule has 0 N–H and O–H groups in total. The highest BCUT2D eigenvalue weighted by atomic mass is 35.5. The number of benzene rings is 1. The Morgan fingerprint density at radius 3 is 2.83 bits per heavy atom. The summed E-state index contributed by atoms with van der Waals surface area (Å²) in [5.74, 6) is 0.0987. The summed E-state index contributed by atoms with van der Waals surface area (Å²) in [6.07, 6.45) is 0. The number of ether oxygens (including phenoxy) is 1. The second-order valence-electron chi connectivity index (χ2n) is 5.87. The van der Waals surface area contributed by atoms with E-state index < -0.39 is 5.97 Å². The predicted molar refractivity (Wildman–Crippen MR) is 91.2 cm³/mol. The number of carbonyl (C=O) groups is 1. The van der Waals surface area contributed by atoms with Crippen LogP contribution in [0.1, 0.15) is 47.1 Å². The molecule has 0 saturated carbocycles. The average Bonchev–Trinajstić information content (AvgIpc) is 2.94. The molecule has 0 saturated heterocycles. The summed E-state index contributed by atoms with van der Waals surface area (Å²) >= 11 is 6.19. The van der Waals surface area contributed by atoms with E-state index in [4.69, 9.17) is 20.9 Å². The van der Waals surface area contributed by atoms with Crippen LogP contribution in [0.15, 0.2) is 34.9 Å². The number of aromatic nitrogens is 2. The van der Waals surface area contributed by atoms with E-state index in [0.29, 0.717) is 27.7 Å². The van der Waals surface area contributed by atoms with Crippen LogP contribution in [0.2, 0.25) is 5.15 Å². The van der Waals surface area contributed by atoms with Gasteiger partial charge in [-0.05, 0) is 19.1 Å². The van der Waals surface area contributed by atoms with Gasteiger partial charge in [-0.25, -0.2) is 9.78 Å². The lowest BCUT2D eigenvalue weighted by Crippen LogP contribution is -2.09. The van der Waals surface area contributed by atoms with Crippen LogP contribution in [0, 0.1) is 6.92 Å². The van der Waals surface area contributed by atoms with Gasteiger partial charge < -0.3 is 9.26 Å². The molecule has 0 unspecified atom stereocenters. The number of fused-ring (bicyclic) bond motifs is 1. The molecule has 0 atom stereocenters. The molecule has 0 amide bonds. The summed E-state index contributed by atoms with van der Waals surface area (Å²) in [7, 11) is 0. The molecule has 0 radical (unpaired) electrons. The molecule has 3 rings (SSSR count). The van der Waals surface area contributed by atoms with Gasteiger partial charge in [-0.15, -0.1) is 0 Å². The SMILES string of the molecule is Cc1noc(C(C)C)c1C(=O)OCc1cc2ccccc2nc1Cl. The van der Waals surface area contributed by atoms with Gasteiger partial charge in [0, 0.05) is 16.9 Å². The summed E-state index contributed by atoms with van der Waals surface area (Å²) in [5.41, 5.74) is 2.36. The molecule has 0 fully saturated rings. The summed E-state index contributed by atoms with van der Waals surface area (Å²) in [6, 6.07) is 9.51. The minimum absolute atomic E-state index is 0.0393. The van der Waals surface area contributed by atoms with Gasteiger partial charge in [0.15, 0.2) is 5.76 Å². The molecule has 0 aliphatic carbocycles. The average molecular weight is 345 g/mol. The van der Waals surface area contributed by atoms with Crippen LogP contribution in [-0.2, 0) is 11.3 Å². The normalized spacial score (nSPS) is 11.2. The third-order valence-corrected chi connectivity index (χ3v) is 4.05. The standard InChI is InChI=1S/C18H17ClN2O3/c1-10(2)16-15(11(3)21-24-16)18(22)23-9-13-8-12-6-4-5-7-14(12)20-17(13)19/h4-8,10H,9H2,1-3H3. The van der Waals surface area contributed by atoms with Crippen molar-refractivity contribution >= 4 is 28.5 Å². The number of hydrogen-bond donors (Lipinski definition) is 0. The van der Waals surface area contributed by atoms with Gasteiger partial charge in [0.2, 0.25) is 0 Å². The van der Waals surface area contributed by atoms with Gasteiger partial charge >= 0.3 is 5.97 Å². The largest absolute Gasteiger partial charge is 0.457 e. The first-order chi connectivity index (χ1) is 11.5. The smallest absolute Gasteiger partial charge is 0.344 e. The van der Waals surface area contributed by atoms with Gasteiger partial charge in [0.25, 0.3) is 0 Å². The van der Waals surface area contributed by atoms with Crippen molar-refractivity contribution in [2.45, 2.75) is 33.3 Å². The number of aryl methyl sites for hydroxylation is 1. The van der Waals surface area contributed by atoms with E-state index in [2.05, 4.69) is 10.1 Å².